The van der Waals surface area contributed by atoms with Crippen LogP contribution in [-0.2, 0) is 4.79 Å². The number of carbonyl (C=O) groups excluding carboxylic acids is 1. The molecule has 1 aliphatic rings. The third-order valence-corrected chi connectivity index (χ3v) is 4.82. The number of hydrogen-bond donors (Lipinski definition) is 1. The molecule has 5 nitrogen and oxygen atoms in total. The number of amides is 1. The monoisotopic (exact) mass is 353 g/mol. The van der Waals surface area contributed by atoms with E-state index in [9.17, 15) is 4.79 Å². The molecule has 2 aromatic carbocycles. The Bertz CT molecular complexity index is 768. The zero-order chi connectivity index (χ0) is 18.5. The quantitative estimate of drug-likeness (QED) is 0.897. The second-order valence-corrected chi connectivity index (χ2v) is 6.80. The van der Waals surface area contributed by atoms with E-state index in [0.29, 0.717) is 12.3 Å². The molecule has 0 aromatic heterocycles. The molecule has 1 N–H and O–H groups in total. The number of rotatable bonds is 5. The largest absolute Gasteiger partial charge is 0.495 e. The fourth-order valence-corrected chi connectivity index (χ4v) is 3.38. The van der Waals surface area contributed by atoms with Gasteiger partial charge in [0.1, 0.15) is 5.75 Å². The van der Waals surface area contributed by atoms with Gasteiger partial charge in [0, 0.05) is 31.9 Å². The van der Waals surface area contributed by atoms with Crippen molar-refractivity contribution in [3.8, 4) is 5.75 Å². The van der Waals surface area contributed by atoms with Crippen molar-refractivity contribution in [2.45, 2.75) is 13.8 Å². The van der Waals surface area contributed by atoms with Gasteiger partial charge in [-0.2, -0.15) is 0 Å². The number of benzene rings is 2. The van der Waals surface area contributed by atoms with E-state index in [-0.39, 0.29) is 5.91 Å². The van der Waals surface area contributed by atoms with Crippen LogP contribution in [0.5, 0.6) is 5.75 Å². The summed E-state index contributed by atoms with van der Waals surface area (Å²) in [6.45, 7) is 8.18. The average molecular weight is 353 g/mol. The molecule has 1 saturated heterocycles. The Morgan fingerprint density at radius 1 is 1.08 bits per heavy atom. The van der Waals surface area contributed by atoms with Gasteiger partial charge in [0.2, 0.25) is 5.91 Å². The number of nitrogens with zero attached hydrogens (tertiary/aromatic N) is 2. The van der Waals surface area contributed by atoms with E-state index in [2.05, 4.69) is 46.3 Å². The lowest BCUT2D eigenvalue weighted by Gasteiger charge is -2.36. The van der Waals surface area contributed by atoms with Gasteiger partial charge >= 0.3 is 0 Å². The molecular formula is C21H27N3O2. The molecule has 0 unspecified atom stereocenters. The van der Waals surface area contributed by atoms with Gasteiger partial charge in [0.25, 0.3) is 0 Å². The van der Waals surface area contributed by atoms with Crippen LogP contribution in [0.1, 0.15) is 11.1 Å². The molecule has 138 valence electrons. The topological polar surface area (TPSA) is 44.8 Å². The van der Waals surface area contributed by atoms with E-state index < -0.39 is 0 Å². The summed E-state index contributed by atoms with van der Waals surface area (Å²) >= 11 is 0. The normalized spacial score (nSPS) is 15.0. The van der Waals surface area contributed by atoms with Crippen LogP contribution in [-0.4, -0.2) is 50.6 Å². The van der Waals surface area contributed by atoms with E-state index >= 15 is 0 Å². The molecule has 1 aliphatic heterocycles. The number of anilines is 2. The van der Waals surface area contributed by atoms with Crippen LogP contribution in [0.25, 0.3) is 0 Å². The maximum Gasteiger partial charge on any atom is 0.238 e. The predicted octanol–water partition coefficient (Wildman–Crippen LogP) is 3.07. The molecule has 0 radical (unpaired) electrons. The molecule has 1 amide bonds. The first-order chi connectivity index (χ1) is 12.6. The van der Waals surface area contributed by atoms with Crippen molar-refractivity contribution in [1.29, 1.82) is 0 Å². The molecule has 0 bridgehead atoms. The molecule has 3 rings (SSSR count). The molecule has 0 spiro atoms. The Labute approximate surface area is 155 Å². The highest BCUT2D eigenvalue weighted by Gasteiger charge is 2.20. The van der Waals surface area contributed by atoms with Crippen LogP contribution in [0, 0.1) is 13.8 Å². The van der Waals surface area contributed by atoms with Crippen molar-refractivity contribution in [2.75, 3.05) is 50.1 Å². The summed E-state index contributed by atoms with van der Waals surface area (Å²) in [5.41, 5.74) is 4.41. The van der Waals surface area contributed by atoms with Crippen molar-refractivity contribution >= 4 is 17.3 Å². The lowest BCUT2D eigenvalue weighted by molar-refractivity contribution is -0.117. The Hall–Kier alpha value is -2.53. The Balaban J connectivity index is 1.54. The molecule has 26 heavy (non-hydrogen) atoms. The van der Waals surface area contributed by atoms with Crippen LogP contribution in [0.4, 0.5) is 11.4 Å². The van der Waals surface area contributed by atoms with Gasteiger partial charge in [0.05, 0.1) is 19.3 Å². The molecule has 5 heteroatoms. The van der Waals surface area contributed by atoms with Crippen LogP contribution < -0.4 is 15.0 Å². The first-order valence-corrected chi connectivity index (χ1v) is 9.04. The highest BCUT2D eigenvalue weighted by Crippen LogP contribution is 2.25. The zero-order valence-corrected chi connectivity index (χ0v) is 15.8. The summed E-state index contributed by atoms with van der Waals surface area (Å²) < 4.78 is 5.33. The minimum absolute atomic E-state index is 0.00163. The number of hydrogen-bond acceptors (Lipinski definition) is 4. The van der Waals surface area contributed by atoms with Crippen molar-refractivity contribution in [2.24, 2.45) is 0 Å². The Morgan fingerprint density at radius 3 is 2.50 bits per heavy atom. The van der Waals surface area contributed by atoms with Gasteiger partial charge < -0.3 is 15.0 Å². The molecule has 0 atom stereocenters. The van der Waals surface area contributed by atoms with Gasteiger partial charge in [-0.3, -0.25) is 9.69 Å². The molecule has 1 heterocycles. The molecule has 0 aliphatic carbocycles. The number of para-hydroxylation sites is 1. The van der Waals surface area contributed by atoms with E-state index in [1.807, 2.05) is 25.1 Å². The highest BCUT2D eigenvalue weighted by atomic mass is 16.5. The summed E-state index contributed by atoms with van der Waals surface area (Å²) in [5, 5.41) is 2.98. The molecule has 0 saturated carbocycles. The minimum Gasteiger partial charge on any atom is -0.495 e. The third-order valence-electron chi connectivity index (χ3n) is 4.82. The summed E-state index contributed by atoms with van der Waals surface area (Å²) in [6.07, 6.45) is 0. The fraction of sp³-hybridized carbons (Fsp3) is 0.381. The van der Waals surface area contributed by atoms with Gasteiger partial charge in [-0.1, -0.05) is 24.3 Å². The van der Waals surface area contributed by atoms with Gasteiger partial charge in [-0.15, -0.1) is 0 Å². The SMILES string of the molecule is COc1ccc(C)cc1NC(=O)CN1CCN(c2ccccc2C)CC1. The van der Waals surface area contributed by atoms with Crippen LogP contribution in [0.3, 0.4) is 0 Å². The number of piperazine rings is 1. The molecule has 1 fully saturated rings. The summed E-state index contributed by atoms with van der Waals surface area (Å²) in [5.74, 6) is 0.687. The third kappa shape index (κ3) is 4.35. The summed E-state index contributed by atoms with van der Waals surface area (Å²) in [4.78, 5) is 17.0. The smallest absolute Gasteiger partial charge is 0.238 e. The molecular weight excluding hydrogens is 326 g/mol. The average Bonchev–Trinajstić information content (AvgIpc) is 2.63. The summed E-state index contributed by atoms with van der Waals surface area (Å²) in [7, 11) is 1.62. The molecule has 2 aromatic rings. The summed E-state index contributed by atoms with van der Waals surface area (Å²) in [6, 6.07) is 14.3. The maximum absolute atomic E-state index is 12.4. The van der Waals surface area contributed by atoms with Gasteiger partial charge in [-0.25, -0.2) is 0 Å². The van der Waals surface area contributed by atoms with Crippen molar-refractivity contribution in [1.82, 2.24) is 4.90 Å². The highest BCUT2D eigenvalue weighted by molar-refractivity contribution is 5.93. The van der Waals surface area contributed by atoms with Crippen LogP contribution in [0.15, 0.2) is 42.5 Å². The predicted molar refractivity (Wildman–Crippen MR) is 106 cm³/mol. The van der Waals surface area contributed by atoms with Crippen LogP contribution >= 0.6 is 0 Å². The van der Waals surface area contributed by atoms with Gasteiger partial charge in [0.15, 0.2) is 0 Å². The Morgan fingerprint density at radius 2 is 1.81 bits per heavy atom. The number of ether oxygens (including phenoxy) is 1. The van der Waals surface area contributed by atoms with E-state index in [1.165, 1.54) is 11.3 Å². The fourth-order valence-electron chi connectivity index (χ4n) is 3.38. The standard InChI is InChI=1S/C21H27N3O2/c1-16-8-9-20(26-3)18(14-16)22-21(25)15-23-10-12-24(13-11-23)19-7-5-4-6-17(19)2/h4-9,14H,10-13,15H2,1-3H3,(H,22,25). The van der Waals surface area contributed by atoms with Crippen molar-refractivity contribution in [3.05, 3.63) is 53.6 Å². The second kappa shape index (κ2) is 8.23. The second-order valence-electron chi connectivity index (χ2n) is 6.80. The lowest BCUT2D eigenvalue weighted by atomic mass is 10.1. The maximum atomic E-state index is 12.4. The first-order valence-electron chi connectivity index (χ1n) is 9.04. The van der Waals surface area contributed by atoms with E-state index in [1.54, 1.807) is 7.11 Å². The number of aryl methyl sites for hydroxylation is 2. The van der Waals surface area contributed by atoms with E-state index in [0.717, 1.165) is 37.4 Å². The van der Waals surface area contributed by atoms with E-state index in [4.69, 9.17) is 4.74 Å². The van der Waals surface area contributed by atoms with Crippen molar-refractivity contribution in [3.63, 3.8) is 0 Å². The lowest BCUT2D eigenvalue weighted by Crippen LogP contribution is -2.48. The van der Waals surface area contributed by atoms with Crippen molar-refractivity contribution < 1.29 is 9.53 Å². The van der Waals surface area contributed by atoms with Crippen LogP contribution in [0.2, 0.25) is 0 Å². The number of nitrogens with one attached hydrogen (secondary N) is 1. The number of carbonyl (C=O) groups is 1. The minimum atomic E-state index is -0.00163. The Kier molecular flexibility index (Phi) is 5.78. The van der Waals surface area contributed by atoms with Gasteiger partial charge in [-0.05, 0) is 43.2 Å². The zero-order valence-electron chi connectivity index (χ0n) is 15.8. The first kappa shape index (κ1) is 18.3. The number of methoxy groups -OCH3 is 1.